The maximum atomic E-state index is 12.6. The molecule has 156 valence electrons. The number of anilines is 2. The zero-order valence-electron chi connectivity index (χ0n) is 16.2. The van der Waals surface area contributed by atoms with Gasteiger partial charge in [-0.2, -0.15) is 0 Å². The van der Waals surface area contributed by atoms with Crippen LogP contribution in [-0.2, 0) is 9.59 Å². The van der Waals surface area contributed by atoms with Gasteiger partial charge in [-0.05, 0) is 30.0 Å². The van der Waals surface area contributed by atoms with Crippen LogP contribution in [0.25, 0.3) is 0 Å². The Kier molecular flexibility index (Phi) is 6.21. The predicted octanol–water partition coefficient (Wildman–Crippen LogP) is 2.73. The number of amides is 3. The molecular weight excluding hydrogens is 412 g/mol. The average molecular weight is 430 g/mol. The van der Waals surface area contributed by atoms with Crippen LogP contribution in [0.4, 0.5) is 21.9 Å². The molecule has 1 heterocycles. The van der Waals surface area contributed by atoms with Crippen LogP contribution < -0.4 is 15.0 Å². The molecule has 10 nitrogen and oxygen atoms in total. The van der Waals surface area contributed by atoms with E-state index in [-0.39, 0.29) is 35.5 Å². The smallest absolute Gasteiger partial charge is 0.286 e. The van der Waals surface area contributed by atoms with Crippen molar-refractivity contribution in [1.82, 2.24) is 4.90 Å². The molecule has 0 unspecified atom stereocenters. The number of carbonyl (C=O) groups is 3. The third-order valence-electron chi connectivity index (χ3n) is 4.12. The Morgan fingerprint density at radius 2 is 2.00 bits per heavy atom. The normalized spacial score (nSPS) is 12.6. The molecule has 1 N–H and O–H groups in total. The molecule has 0 bridgehead atoms. The monoisotopic (exact) mass is 430 g/mol. The highest BCUT2D eigenvalue weighted by Gasteiger charge is 2.29. The molecule has 30 heavy (non-hydrogen) atoms. The first-order chi connectivity index (χ1) is 14.3. The van der Waals surface area contributed by atoms with Gasteiger partial charge < -0.3 is 15.0 Å². The maximum absolute atomic E-state index is 12.6. The SMILES string of the molecule is CN(C)C(=O)Sc1ccccc1NC(=O)CN1C(=O)COc2ccc([N+](=O)[O-])cc21. The molecule has 11 heteroatoms. The number of hydrogen-bond donors (Lipinski definition) is 1. The van der Waals surface area contributed by atoms with E-state index in [1.165, 1.54) is 23.1 Å². The molecule has 3 rings (SSSR count). The minimum absolute atomic E-state index is 0.154. The van der Waals surface area contributed by atoms with E-state index < -0.39 is 16.7 Å². The van der Waals surface area contributed by atoms with Crippen molar-refractivity contribution < 1.29 is 24.0 Å². The summed E-state index contributed by atoms with van der Waals surface area (Å²) in [4.78, 5) is 50.5. The number of non-ortho nitro benzene ring substituents is 1. The van der Waals surface area contributed by atoms with Crippen LogP contribution in [0, 0.1) is 10.1 Å². The minimum atomic E-state index is -0.590. The molecule has 1 aliphatic heterocycles. The van der Waals surface area contributed by atoms with Crippen molar-refractivity contribution in [3.05, 3.63) is 52.6 Å². The number of nitro benzene ring substituents is 1. The van der Waals surface area contributed by atoms with Gasteiger partial charge in [0.25, 0.3) is 16.8 Å². The number of thioether (sulfide) groups is 1. The van der Waals surface area contributed by atoms with Crippen molar-refractivity contribution in [2.75, 3.05) is 37.5 Å². The molecule has 0 aromatic heterocycles. The Morgan fingerprint density at radius 3 is 2.70 bits per heavy atom. The first kappa shape index (κ1) is 21.1. The Hall–Kier alpha value is -3.60. The second-order valence-corrected chi connectivity index (χ2v) is 7.48. The van der Waals surface area contributed by atoms with Gasteiger partial charge in [0.05, 0.1) is 16.3 Å². The van der Waals surface area contributed by atoms with Gasteiger partial charge in [-0.25, -0.2) is 0 Å². The fraction of sp³-hybridized carbons (Fsp3) is 0.211. The number of nitrogens with zero attached hydrogens (tertiary/aromatic N) is 3. The molecular formula is C19H18N4O6S. The third kappa shape index (κ3) is 4.69. The van der Waals surface area contributed by atoms with Gasteiger partial charge in [0.1, 0.15) is 12.3 Å². The summed E-state index contributed by atoms with van der Waals surface area (Å²) in [5.41, 5.74) is 0.352. The van der Waals surface area contributed by atoms with Crippen molar-refractivity contribution in [1.29, 1.82) is 0 Å². The first-order valence-electron chi connectivity index (χ1n) is 8.76. The molecule has 0 radical (unpaired) electrons. The van der Waals surface area contributed by atoms with Crippen LogP contribution in [0.3, 0.4) is 0 Å². The number of hydrogen-bond acceptors (Lipinski definition) is 7. The fourth-order valence-corrected chi connectivity index (χ4v) is 3.40. The van der Waals surface area contributed by atoms with Gasteiger partial charge in [-0.15, -0.1) is 0 Å². The van der Waals surface area contributed by atoms with E-state index in [1.54, 1.807) is 38.4 Å². The van der Waals surface area contributed by atoms with Crippen LogP contribution in [-0.4, -0.2) is 54.1 Å². The summed E-state index contributed by atoms with van der Waals surface area (Å²) in [6.07, 6.45) is 0. The van der Waals surface area contributed by atoms with Crippen molar-refractivity contribution in [3.63, 3.8) is 0 Å². The molecule has 0 saturated carbocycles. The number of carbonyl (C=O) groups excluding carboxylic acids is 3. The minimum Gasteiger partial charge on any atom is -0.482 e. The van der Waals surface area contributed by atoms with E-state index >= 15 is 0 Å². The van der Waals surface area contributed by atoms with Gasteiger partial charge >= 0.3 is 0 Å². The number of nitrogens with one attached hydrogen (secondary N) is 1. The van der Waals surface area contributed by atoms with Gasteiger partial charge in [0, 0.05) is 31.1 Å². The Balaban J connectivity index is 1.79. The van der Waals surface area contributed by atoms with Crippen molar-refractivity contribution in [2.45, 2.75) is 4.90 Å². The predicted molar refractivity (Wildman–Crippen MR) is 111 cm³/mol. The molecule has 1 aliphatic rings. The molecule has 0 aliphatic carbocycles. The van der Waals surface area contributed by atoms with E-state index in [0.717, 1.165) is 16.7 Å². The lowest BCUT2D eigenvalue weighted by molar-refractivity contribution is -0.384. The molecule has 0 spiro atoms. The van der Waals surface area contributed by atoms with Crippen LogP contribution in [0.5, 0.6) is 5.75 Å². The van der Waals surface area contributed by atoms with E-state index in [4.69, 9.17) is 4.74 Å². The van der Waals surface area contributed by atoms with Crippen molar-refractivity contribution >= 4 is 45.9 Å². The molecule has 0 saturated heterocycles. The Morgan fingerprint density at radius 1 is 1.27 bits per heavy atom. The third-order valence-corrected chi connectivity index (χ3v) is 5.24. The van der Waals surface area contributed by atoms with Crippen molar-refractivity contribution in [2.24, 2.45) is 0 Å². The van der Waals surface area contributed by atoms with Gasteiger partial charge in [0.15, 0.2) is 6.61 Å². The highest BCUT2D eigenvalue weighted by molar-refractivity contribution is 8.13. The molecule has 2 aromatic rings. The van der Waals surface area contributed by atoms with Crippen LogP contribution in [0.2, 0.25) is 0 Å². The summed E-state index contributed by atoms with van der Waals surface area (Å²) in [5.74, 6) is -0.739. The molecule has 3 amide bonds. The maximum Gasteiger partial charge on any atom is 0.286 e. The summed E-state index contributed by atoms with van der Waals surface area (Å²) in [6, 6.07) is 10.6. The van der Waals surface area contributed by atoms with E-state index in [1.807, 2.05) is 0 Å². The number of nitro groups is 1. The largest absolute Gasteiger partial charge is 0.482 e. The highest BCUT2D eigenvalue weighted by atomic mass is 32.2. The lowest BCUT2D eigenvalue weighted by atomic mass is 10.2. The number of fused-ring (bicyclic) bond motifs is 1. The van der Waals surface area contributed by atoms with Gasteiger partial charge in [0.2, 0.25) is 5.91 Å². The lowest BCUT2D eigenvalue weighted by Gasteiger charge is -2.28. The van der Waals surface area contributed by atoms with Crippen LogP contribution in [0.1, 0.15) is 0 Å². The van der Waals surface area contributed by atoms with Gasteiger partial charge in [-0.3, -0.25) is 29.4 Å². The number of rotatable bonds is 5. The number of benzene rings is 2. The summed E-state index contributed by atoms with van der Waals surface area (Å²) < 4.78 is 5.29. The topological polar surface area (TPSA) is 122 Å². The summed E-state index contributed by atoms with van der Waals surface area (Å²) in [6.45, 7) is -0.640. The summed E-state index contributed by atoms with van der Waals surface area (Å²) in [7, 11) is 3.24. The lowest BCUT2D eigenvalue weighted by Crippen LogP contribution is -2.43. The zero-order chi connectivity index (χ0) is 21.8. The molecule has 0 atom stereocenters. The first-order valence-corrected chi connectivity index (χ1v) is 9.57. The quantitative estimate of drug-likeness (QED) is 0.440. The van der Waals surface area contributed by atoms with Gasteiger partial charge in [-0.1, -0.05) is 12.1 Å². The molecule has 2 aromatic carbocycles. The fourth-order valence-electron chi connectivity index (χ4n) is 2.66. The second-order valence-electron chi connectivity index (χ2n) is 6.48. The Labute approximate surface area is 175 Å². The molecule has 0 fully saturated rings. The van der Waals surface area contributed by atoms with E-state index in [2.05, 4.69) is 5.32 Å². The van der Waals surface area contributed by atoms with E-state index in [9.17, 15) is 24.5 Å². The standard InChI is InChI=1S/C19H18N4O6S/c1-21(2)19(26)30-16-6-4-3-5-13(16)20-17(24)10-22-14-9-12(23(27)28)7-8-15(14)29-11-18(22)25/h3-9H,10-11H2,1-2H3,(H,20,24). The summed E-state index contributed by atoms with van der Waals surface area (Å²) in [5, 5.41) is 13.5. The number of para-hydroxylation sites is 1. The Bertz CT molecular complexity index is 1030. The number of ether oxygens (including phenoxy) is 1. The zero-order valence-corrected chi connectivity index (χ0v) is 17.0. The average Bonchev–Trinajstić information content (AvgIpc) is 2.71. The van der Waals surface area contributed by atoms with E-state index in [0.29, 0.717) is 10.6 Å². The second kappa shape index (κ2) is 8.82. The van der Waals surface area contributed by atoms with Crippen LogP contribution >= 0.6 is 11.8 Å². The summed E-state index contributed by atoms with van der Waals surface area (Å²) >= 11 is 0.957. The van der Waals surface area contributed by atoms with Crippen LogP contribution in [0.15, 0.2) is 47.4 Å². The van der Waals surface area contributed by atoms with Crippen molar-refractivity contribution in [3.8, 4) is 5.75 Å². The highest BCUT2D eigenvalue weighted by Crippen LogP contribution is 2.35.